The molecule has 1 saturated carbocycles. The highest BCUT2D eigenvalue weighted by Gasteiger charge is 2.48. The molecule has 1 aliphatic heterocycles. The molecule has 2 heterocycles. The summed E-state index contributed by atoms with van der Waals surface area (Å²) in [5.41, 5.74) is 0.0271. The molecule has 30 heavy (non-hydrogen) atoms. The van der Waals surface area contributed by atoms with E-state index in [0.717, 1.165) is 38.9 Å². The van der Waals surface area contributed by atoms with Gasteiger partial charge in [0.1, 0.15) is 5.82 Å². The average Bonchev–Trinajstić information content (AvgIpc) is 3.43. The van der Waals surface area contributed by atoms with Crippen molar-refractivity contribution in [3.63, 3.8) is 0 Å². The minimum absolute atomic E-state index is 0.220. The van der Waals surface area contributed by atoms with Crippen LogP contribution in [-0.2, 0) is 17.9 Å². The zero-order chi connectivity index (χ0) is 21.7. The second kappa shape index (κ2) is 7.37. The van der Waals surface area contributed by atoms with Gasteiger partial charge in [-0.25, -0.2) is 4.39 Å². The molecule has 1 fully saturated rings. The van der Waals surface area contributed by atoms with Crippen molar-refractivity contribution in [2.24, 2.45) is 5.41 Å². The van der Waals surface area contributed by atoms with Crippen LogP contribution in [0.15, 0.2) is 24.3 Å². The highest BCUT2D eigenvalue weighted by atomic mass is 19.4. The highest BCUT2D eigenvalue weighted by Crippen LogP contribution is 2.41. The SMILES string of the molecule is CC(C)(CC(=O)Nc1nn2c(c1-c1ccc(F)cc1)CN(C1CC1)CC2)C(F)(F)F. The minimum atomic E-state index is -4.50. The Morgan fingerprint density at radius 1 is 1.17 bits per heavy atom. The summed E-state index contributed by atoms with van der Waals surface area (Å²) in [6.45, 7) is 4.09. The van der Waals surface area contributed by atoms with E-state index in [1.54, 1.807) is 16.8 Å². The first-order valence-corrected chi connectivity index (χ1v) is 10.0. The lowest BCUT2D eigenvalue weighted by atomic mass is 9.88. The van der Waals surface area contributed by atoms with Crippen LogP contribution in [0, 0.1) is 11.2 Å². The molecular weight excluding hydrogens is 400 g/mol. The number of nitrogens with one attached hydrogen (secondary N) is 1. The van der Waals surface area contributed by atoms with E-state index < -0.39 is 29.7 Å². The smallest absolute Gasteiger partial charge is 0.309 e. The molecule has 1 aliphatic carbocycles. The van der Waals surface area contributed by atoms with Gasteiger partial charge >= 0.3 is 6.18 Å². The molecule has 1 aromatic heterocycles. The quantitative estimate of drug-likeness (QED) is 0.715. The van der Waals surface area contributed by atoms with E-state index in [9.17, 15) is 22.4 Å². The second-order valence-electron chi connectivity index (χ2n) is 8.71. The minimum Gasteiger partial charge on any atom is -0.309 e. The number of hydrogen-bond donors (Lipinski definition) is 1. The maximum atomic E-state index is 13.4. The maximum absolute atomic E-state index is 13.4. The van der Waals surface area contributed by atoms with E-state index in [-0.39, 0.29) is 5.82 Å². The molecule has 0 bridgehead atoms. The molecular formula is C21H24F4N4O. The first-order valence-electron chi connectivity index (χ1n) is 10.0. The van der Waals surface area contributed by atoms with E-state index in [4.69, 9.17) is 0 Å². The molecule has 162 valence electrons. The van der Waals surface area contributed by atoms with Crippen molar-refractivity contribution >= 4 is 11.7 Å². The molecule has 4 rings (SSSR count). The van der Waals surface area contributed by atoms with E-state index in [0.29, 0.717) is 30.3 Å². The van der Waals surface area contributed by atoms with E-state index >= 15 is 0 Å². The van der Waals surface area contributed by atoms with Crippen molar-refractivity contribution in [1.29, 1.82) is 0 Å². The Balaban J connectivity index is 1.66. The molecule has 9 heteroatoms. The third kappa shape index (κ3) is 4.08. The Morgan fingerprint density at radius 2 is 1.83 bits per heavy atom. The number of halogens is 4. The number of anilines is 1. The number of fused-ring (bicyclic) bond motifs is 1. The van der Waals surface area contributed by atoms with E-state index in [1.165, 1.54) is 12.1 Å². The van der Waals surface area contributed by atoms with Gasteiger partial charge in [-0.3, -0.25) is 14.4 Å². The molecule has 5 nitrogen and oxygen atoms in total. The fourth-order valence-electron chi connectivity index (χ4n) is 3.77. The summed E-state index contributed by atoms with van der Waals surface area (Å²) in [6.07, 6.45) is -2.91. The summed E-state index contributed by atoms with van der Waals surface area (Å²) < 4.78 is 54.8. The van der Waals surface area contributed by atoms with E-state index in [2.05, 4.69) is 15.3 Å². The third-order valence-corrected chi connectivity index (χ3v) is 5.83. The zero-order valence-electron chi connectivity index (χ0n) is 16.9. The molecule has 0 saturated heterocycles. The molecule has 0 radical (unpaired) electrons. The first-order chi connectivity index (χ1) is 14.0. The van der Waals surface area contributed by atoms with Crippen molar-refractivity contribution in [3.05, 3.63) is 35.8 Å². The Labute approximate surface area is 172 Å². The predicted molar refractivity (Wildman–Crippen MR) is 104 cm³/mol. The molecule has 0 spiro atoms. The van der Waals surface area contributed by atoms with Gasteiger partial charge in [0.2, 0.25) is 5.91 Å². The molecule has 2 aliphatic rings. The summed E-state index contributed by atoms with van der Waals surface area (Å²) >= 11 is 0. The largest absolute Gasteiger partial charge is 0.394 e. The summed E-state index contributed by atoms with van der Waals surface area (Å²) in [7, 11) is 0. The van der Waals surface area contributed by atoms with Crippen molar-refractivity contribution in [1.82, 2.24) is 14.7 Å². The number of amides is 1. The maximum Gasteiger partial charge on any atom is 0.394 e. The van der Waals surface area contributed by atoms with E-state index in [1.807, 2.05) is 0 Å². The Hall–Kier alpha value is -2.42. The summed E-state index contributed by atoms with van der Waals surface area (Å²) in [6, 6.07) is 6.37. The summed E-state index contributed by atoms with van der Waals surface area (Å²) in [4.78, 5) is 14.8. The van der Waals surface area contributed by atoms with Crippen LogP contribution in [0.25, 0.3) is 11.1 Å². The highest BCUT2D eigenvalue weighted by molar-refractivity contribution is 5.95. The Kier molecular flexibility index (Phi) is 5.12. The van der Waals surface area contributed by atoms with Crippen molar-refractivity contribution < 1.29 is 22.4 Å². The molecule has 1 amide bonds. The van der Waals surface area contributed by atoms with Crippen LogP contribution in [0.1, 0.15) is 38.8 Å². The van der Waals surface area contributed by atoms with Gasteiger partial charge in [-0.2, -0.15) is 18.3 Å². The standard InChI is InChI=1S/C21H24F4N4O/c1-20(2,21(23,24)25)11-17(30)26-19-18(13-3-5-14(22)6-4-13)16-12-28(15-7-8-15)9-10-29(16)27-19/h3-6,15H,7-12H2,1-2H3,(H,26,27,30). The van der Waals surface area contributed by atoms with Gasteiger partial charge in [0.25, 0.3) is 0 Å². The summed E-state index contributed by atoms with van der Waals surface area (Å²) in [5.74, 6) is -0.927. The lowest BCUT2D eigenvalue weighted by molar-refractivity contribution is -0.213. The zero-order valence-corrected chi connectivity index (χ0v) is 16.9. The van der Waals surface area contributed by atoms with Crippen LogP contribution in [0.3, 0.4) is 0 Å². The lowest BCUT2D eigenvalue weighted by Crippen LogP contribution is -2.36. The molecule has 1 N–H and O–H groups in total. The average molecular weight is 424 g/mol. The number of carbonyl (C=O) groups excluding carboxylic acids is 1. The number of hydrogen-bond acceptors (Lipinski definition) is 3. The van der Waals surface area contributed by atoms with Crippen molar-refractivity contribution in [2.45, 2.75) is 58.4 Å². The molecule has 0 atom stereocenters. The van der Waals surface area contributed by atoms with Gasteiger partial charge in [-0.15, -0.1) is 0 Å². The predicted octanol–water partition coefficient (Wildman–Crippen LogP) is 4.58. The van der Waals surface area contributed by atoms with Crippen LogP contribution in [0.2, 0.25) is 0 Å². The van der Waals surface area contributed by atoms with Gasteiger partial charge in [-0.1, -0.05) is 26.0 Å². The lowest BCUT2D eigenvalue weighted by Gasteiger charge is -2.28. The van der Waals surface area contributed by atoms with Gasteiger partial charge in [-0.05, 0) is 30.5 Å². The topological polar surface area (TPSA) is 50.2 Å². The Morgan fingerprint density at radius 3 is 2.43 bits per heavy atom. The van der Waals surface area contributed by atoms with Crippen LogP contribution < -0.4 is 5.32 Å². The van der Waals surface area contributed by atoms with Gasteiger partial charge in [0.05, 0.1) is 17.7 Å². The molecule has 1 aromatic carbocycles. The first kappa shape index (κ1) is 20.8. The number of nitrogens with zero attached hydrogens (tertiary/aromatic N) is 3. The second-order valence-corrected chi connectivity index (χ2v) is 8.71. The number of carbonyl (C=O) groups is 1. The van der Waals surface area contributed by atoms with Crippen LogP contribution in [0.5, 0.6) is 0 Å². The monoisotopic (exact) mass is 424 g/mol. The normalized spacial score (nSPS) is 17.7. The van der Waals surface area contributed by atoms with Crippen molar-refractivity contribution in [2.75, 3.05) is 11.9 Å². The van der Waals surface area contributed by atoms with Gasteiger partial charge in [0.15, 0.2) is 5.82 Å². The number of alkyl halides is 3. The molecule has 0 unspecified atom stereocenters. The van der Waals surface area contributed by atoms with Crippen LogP contribution >= 0.6 is 0 Å². The van der Waals surface area contributed by atoms with Gasteiger partial charge < -0.3 is 5.32 Å². The number of benzene rings is 1. The Bertz CT molecular complexity index is 945. The van der Waals surface area contributed by atoms with Gasteiger partial charge in [0, 0.05) is 31.1 Å². The number of aromatic nitrogens is 2. The van der Waals surface area contributed by atoms with Crippen LogP contribution in [0.4, 0.5) is 23.4 Å². The fourth-order valence-corrected chi connectivity index (χ4v) is 3.77. The summed E-state index contributed by atoms with van der Waals surface area (Å²) in [5, 5.41) is 7.06. The third-order valence-electron chi connectivity index (χ3n) is 5.83. The number of rotatable bonds is 5. The fraction of sp³-hybridized carbons (Fsp3) is 0.524. The molecule has 2 aromatic rings. The van der Waals surface area contributed by atoms with Crippen molar-refractivity contribution in [3.8, 4) is 11.1 Å². The van der Waals surface area contributed by atoms with Crippen LogP contribution in [-0.4, -0.2) is 39.4 Å².